The highest BCUT2D eigenvalue weighted by Crippen LogP contribution is 2.37. The van der Waals surface area contributed by atoms with E-state index in [2.05, 4.69) is 31.3 Å². The Bertz CT molecular complexity index is 1860. The fourth-order valence-corrected chi connectivity index (χ4v) is 5.52. The van der Waals surface area contributed by atoms with Crippen LogP contribution in [0.3, 0.4) is 0 Å². The molecule has 14 heteroatoms. The number of anilines is 1. The van der Waals surface area contributed by atoms with Crippen molar-refractivity contribution >= 4 is 44.4 Å². The lowest BCUT2D eigenvalue weighted by atomic mass is 10.1. The molecule has 6 rings (SSSR count). The van der Waals surface area contributed by atoms with Crippen LogP contribution < -0.4 is 19.5 Å². The Morgan fingerprint density at radius 2 is 1.93 bits per heavy atom. The third-order valence-electron chi connectivity index (χ3n) is 6.61. The Morgan fingerprint density at radius 1 is 1.07 bits per heavy atom. The lowest BCUT2D eigenvalue weighted by molar-refractivity contribution is -0.0763. The second-order valence-electron chi connectivity index (χ2n) is 9.36. The summed E-state index contributed by atoms with van der Waals surface area (Å²) in [4.78, 5) is 30.1. The second-order valence-corrected chi connectivity index (χ2v) is 10.4. The van der Waals surface area contributed by atoms with Gasteiger partial charge in [0, 0.05) is 30.2 Å². The fourth-order valence-electron chi connectivity index (χ4n) is 4.53. The number of nitrogens with one attached hydrogen (secondary N) is 1. The average Bonchev–Trinajstić information content (AvgIpc) is 3.44. The summed E-state index contributed by atoms with van der Waals surface area (Å²) in [6.45, 7) is 0.453. The zero-order valence-corrected chi connectivity index (χ0v) is 23.7. The zero-order valence-electron chi connectivity index (χ0n) is 22.9. The lowest BCUT2D eigenvalue weighted by Gasteiger charge is -2.31. The SMILES string of the molecule is COc1ccc(NC(=O)O[C@H]2CCOC[C@H]2Oc2cc3sc(-c4cc(C#N)cc5nc(OC)cnc45)nc3cc2F)cn1. The van der Waals surface area contributed by atoms with Crippen LogP contribution in [0.2, 0.25) is 0 Å². The second kappa shape index (κ2) is 12.0. The molecule has 5 aromatic rings. The molecule has 0 radical (unpaired) electrons. The van der Waals surface area contributed by atoms with Gasteiger partial charge in [-0.3, -0.25) is 5.32 Å². The van der Waals surface area contributed by atoms with E-state index in [-0.39, 0.29) is 12.4 Å². The number of halogens is 1. The third kappa shape index (κ3) is 5.94. The number of benzene rings is 2. The maximum atomic E-state index is 15.3. The van der Waals surface area contributed by atoms with Crippen molar-refractivity contribution in [2.24, 2.45) is 0 Å². The van der Waals surface area contributed by atoms with Crippen molar-refractivity contribution in [3.8, 4) is 34.1 Å². The summed E-state index contributed by atoms with van der Waals surface area (Å²) in [5.74, 6) is 0.0439. The van der Waals surface area contributed by atoms with E-state index in [0.29, 0.717) is 67.9 Å². The predicted molar refractivity (Wildman–Crippen MR) is 154 cm³/mol. The summed E-state index contributed by atoms with van der Waals surface area (Å²) in [5, 5.41) is 12.7. The number of hydrogen-bond acceptors (Lipinski definition) is 12. The van der Waals surface area contributed by atoms with Gasteiger partial charge in [-0.2, -0.15) is 5.26 Å². The van der Waals surface area contributed by atoms with Gasteiger partial charge in [-0.05, 0) is 18.2 Å². The molecule has 1 amide bonds. The van der Waals surface area contributed by atoms with Crippen LogP contribution in [0.5, 0.6) is 17.5 Å². The quantitative estimate of drug-likeness (QED) is 0.264. The van der Waals surface area contributed by atoms with E-state index >= 15 is 4.39 Å². The summed E-state index contributed by atoms with van der Waals surface area (Å²) < 4.78 is 43.2. The van der Waals surface area contributed by atoms with Gasteiger partial charge in [0.1, 0.15) is 11.1 Å². The summed E-state index contributed by atoms with van der Waals surface area (Å²) in [7, 11) is 2.97. The van der Waals surface area contributed by atoms with Crippen LogP contribution in [0, 0.1) is 17.1 Å². The number of nitrogens with zero attached hydrogens (tertiary/aromatic N) is 5. The topological polar surface area (TPSA) is 151 Å². The number of hydrogen-bond donors (Lipinski definition) is 1. The number of carbonyl (C=O) groups excluding carboxylic acids is 1. The number of nitriles is 1. The maximum absolute atomic E-state index is 15.3. The number of aromatic nitrogens is 4. The van der Waals surface area contributed by atoms with Gasteiger partial charge < -0.3 is 23.7 Å². The molecule has 4 heterocycles. The summed E-state index contributed by atoms with van der Waals surface area (Å²) >= 11 is 1.29. The van der Waals surface area contributed by atoms with Crippen LogP contribution >= 0.6 is 11.3 Å². The minimum Gasteiger partial charge on any atom is -0.481 e. The van der Waals surface area contributed by atoms with Crippen LogP contribution in [-0.2, 0) is 9.47 Å². The number of methoxy groups -OCH3 is 2. The van der Waals surface area contributed by atoms with Crippen molar-refractivity contribution in [3.63, 3.8) is 0 Å². The average molecular weight is 603 g/mol. The number of thiazole rings is 1. The molecule has 0 bridgehead atoms. The fraction of sp³-hybridized carbons (Fsp3) is 0.241. The van der Waals surface area contributed by atoms with Gasteiger partial charge >= 0.3 is 6.09 Å². The Kier molecular flexibility index (Phi) is 7.82. The Balaban J connectivity index is 1.24. The van der Waals surface area contributed by atoms with Crippen molar-refractivity contribution in [2.75, 3.05) is 32.8 Å². The van der Waals surface area contributed by atoms with Crippen molar-refractivity contribution in [3.05, 3.63) is 60.2 Å². The van der Waals surface area contributed by atoms with Gasteiger partial charge in [-0.15, -0.1) is 11.3 Å². The largest absolute Gasteiger partial charge is 0.481 e. The molecule has 1 saturated heterocycles. The van der Waals surface area contributed by atoms with Crippen molar-refractivity contribution in [1.29, 1.82) is 5.26 Å². The number of carbonyl (C=O) groups is 1. The number of rotatable bonds is 7. The van der Waals surface area contributed by atoms with E-state index in [0.717, 1.165) is 0 Å². The highest BCUT2D eigenvalue weighted by Gasteiger charge is 2.32. The minimum atomic E-state index is -0.755. The molecule has 0 saturated carbocycles. The van der Waals surface area contributed by atoms with E-state index in [1.807, 2.05) is 0 Å². The summed E-state index contributed by atoms with van der Waals surface area (Å²) in [6, 6.07) is 11.5. The molecule has 2 atom stereocenters. The molecule has 2 aromatic carbocycles. The van der Waals surface area contributed by atoms with Gasteiger partial charge in [-0.25, -0.2) is 29.1 Å². The molecule has 1 N–H and O–H groups in total. The van der Waals surface area contributed by atoms with E-state index in [1.165, 1.54) is 44.0 Å². The van der Waals surface area contributed by atoms with Gasteiger partial charge in [0.2, 0.25) is 11.8 Å². The number of fused-ring (bicyclic) bond motifs is 2. The molecule has 1 aliphatic rings. The Morgan fingerprint density at radius 3 is 2.70 bits per heavy atom. The highest BCUT2D eigenvalue weighted by molar-refractivity contribution is 7.21. The van der Waals surface area contributed by atoms with Crippen LogP contribution in [0.1, 0.15) is 12.0 Å². The number of amides is 1. The summed E-state index contributed by atoms with van der Waals surface area (Å²) in [6.07, 6.45) is 1.13. The first kappa shape index (κ1) is 28.0. The predicted octanol–water partition coefficient (Wildman–Crippen LogP) is 5.11. The van der Waals surface area contributed by atoms with Crippen molar-refractivity contribution in [1.82, 2.24) is 19.9 Å². The number of ether oxygens (including phenoxy) is 5. The first-order valence-corrected chi connectivity index (χ1v) is 13.8. The molecule has 3 aromatic heterocycles. The highest BCUT2D eigenvalue weighted by atomic mass is 32.1. The minimum absolute atomic E-state index is 0.0354. The molecule has 43 heavy (non-hydrogen) atoms. The van der Waals surface area contributed by atoms with Crippen molar-refractivity contribution < 1.29 is 32.9 Å². The molecule has 0 unspecified atom stereocenters. The van der Waals surface area contributed by atoms with E-state index in [1.54, 1.807) is 30.3 Å². The first-order chi connectivity index (χ1) is 20.9. The van der Waals surface area contributed by atoms with Gasteiger partial charge in [-0.1, -0.05) is 0 Å². The maximum Gasteiger partial charge on any atom is 0.412 e. The lowest BCUT2D eigenvalue weighted by Crippen LogP contribution is -2.44. The van der Waals surface area contributed by atoms with E-state index < -0.39 is 24.1 Å². The van der Waals surface area contributed by atoms with Crippen molar-refractivity contribution in [2.45, 2.75) is 18.6 Å². The monoisotopic (exact) mass is 602 g/mol. The Labute approximate surface area is 248 Å². The standard InChI is InChI=1S/C29H23FN6O6S/c1-38-25-4-3-16(12-32-25)34-29(37)42-21-5-6-40-14-23(21)41-22-10-24-19(9-18(22)30)36-28(43-24)17-7-15(11-31)8-20-27(17)33-13-26(35-20)39-2/h3-4,7-10,12-13,21,23H,5-6,14H2,1-2H3,(H,34,37)/t21-,23+/m0/s1. The van der Waals surface area contributed by atoms with Gasteiger partial charge in [0.15, 0.2) is 17.7 Å². The van der Waals surface area contributed by atoms with Crippen LogP contribution in [-0.4, -0.2) is 65.7 Å². The molecule has 1 fully saturated rings. The third-order valence-corrected chi connectivity index (χ3v) is 7.66. The van der Waals surface area contributed by atoms with Crippen LogP contribution in [0.4, 0.5) is 14.9 Å². The molecular weight excluding hydrogens is 579 g/mol. The molecular formula is C29H23FN6O6S. The van der Waals surface area contributed by atoms with E-state index in [4.69, 9.17) is 23.7 Å². The molecule has 0 aliphatic carbocycles. The van der Waals surface area contributed by atoms with Crippen LogP contribution in [0.25, 0.3) is 31.8 Å². The molecule has 1 aliphatic heterocycles. The van der Waals surface area contributed by atoms with E-state index in [9.17, 15) is 10.1 Å². The zero-order chi connectivity index (χ0) is 29.9. The smallest absolute Gasteiger partial charge is 0.412 e. The Hall–Kier alpha value is -5.13. The summed E-state index contributed by atoms with van der Waals surface area (Å²) in [5.41, 5.74) is 2.78. The molecule has 12 nitrogen and oxygen atoms in total. The molecule has 218 valence electrons. The number of pyridine rings is 1. The van der Waals surface area contributed by atoms with Crippen LogP contribution in [0.15, 0.2) is 48.8 Å². The first-order valence-electron chi connectivity index (χ1n) is 13.0. The normalized spacial score (nSPS) is 16.4. The van der Waals surface area contributed by atoms with Gasteiger partial charge in [0.25, 0.3) is 0 Å². The van der Waals surface area contributed by atoms with Gasteiger partial charge in [0.05, 0.1) is 78.4 Å². The molecule has 0 spiro atoms.